The number of hydroxylamine groups is 1. The molecular weight excluding hydrogens is 297 g/mol. The number of rotatable bonds is 1. The summed E-state index contributed by atoms with van der Waals surface area (Å²) in [4.78, 5) is 13.1. The Kier molecular flexibility index (Phi) is 2.96. The maximum atomic E-state index is 6.07. The fourth-order valence-electron chi connectivity index (χ4n) is 3.37. The number of hydrogen-bond donors (Lipinski definition) is 1. The molecule has 6 heteroatoms. The second-order valence-electron chi connectivity index (χ2n) is 5.69. The Morgan fingerprint density at radius 3 is 2.70 bits per heavy atom. The van der Waals surface area contributed by atoms with Crippen LogP contribution in [0.1, 0.15) is 18.4 Å². The Hall–Kier alpha value is -0.810. The highest BCUT2D eigenvalue weighted by Crippen LogP contribution is 2.41. The predicted octanol–water partition coefficient (Wildman–Crippen LogP) is 2.70. The number of nitrogens with zero attached hydrogens (tertiary/aromatic N) is 2. The van der Waals surface area contributed by atoms with Crippen molar-refractivity contribution in [3.63, 3.8) is 0 Å². The van der Waals surface area contributed by atoms with E-state index in [1.807, 2.05) is 12.1 Å². The van der Waals surface area contributed by atoms with Gasteiger partial charge in [-0.05, 0) is 44.1 Å². The molecule has 0 amide bonds. The first-order chi connectivity index (χ1) is 9.66. The van der Waals surface area contributed by atoms with Crippen LogP contribution >= 0.6 is 23.2 Å². The number of halogens is 2. The Morgan fingerprint density at radius 1 is 1.25 bits per heavy atom. The number of nitrogens with one attached hydrogen (secondary N) is 1. The van der Waals surface area contributed by atoms with Crippen molar-refractivity contribution in [3.8, 4) is 0 Å². The average molecular weight is 312 g/mol. The molecule has 1 N–H and O–H groups in total. The van der Waals surface area contributed by atoms with Crippen molar-refractivity contribution in [1.82, 2.24) is 10.4 Å². The average Bonchev–Trinajstić information content (AvgIpc) is 2.87. The number of hydrogen-bond acceptors (Lipinski definition) is 4. The van der Waals surface area contributed by atoms with Gasteiger partial charge in [0.1, 0.15) is 0 Å². The second kappa shape index (κ2) is 4.60. The van der Waals surface area contributed by atoms with Gasteiger partial charge in [-0.25, -0.2) is 15.3 Å². The SMILES string of the molecule is Clc1ccc(C2=N[C@@]3(CN4CCC3CC4)ON2)cc1Cl. The van der Waals surface area contributed by atoms with Crippen molar-refractivity contribution >= 4 is 29.0 Å². The molecule has 1 atom stereocenters. The van der Waals surface area contributed by atoms with Crippen LogP contribution in [0.4, 0.5) is 0 Å². The molecular formula is C14H15Cl2N3O. The van der Waals surface area contributed by atoms with Gasteiger partial charge in [0, 0.05) is 11.5 Å². The van der Waals surface area contributed by atoms with Gasteiger partial charge < -0.3 is 0 Å². The first kappa shape index (κ1) is 12.9. The number of aliphatic imine (C=N–C) groups is 1. The molecule has 0 unspecified atom stereocenters. The van der Waals surface area contributed by atoms with Crippen molar-refractivity contribution in [3.05, 3.63) is 33.8 Å². The van der Waals surface area contributed by atoms with Crippen LogP contribution < -0.4 is 5.48 Å². The van der Waals surface area contributed by atoms with E-state index >= 15 is 0 Å². The Morgan fingerprint density at radius 2 is 2.05 bits per heavy atom. The summed E-state index contributed by atoms with van der Waals surface area (Å²) in [5.74, 6) is 1.25. The third-order valence-corrected chi connectivity index (χ3v) is 5.23. The molecule has 3 fully saturated rings. The molecule has 3 saturated heterocycles. The van der Waals surface area contributed by atoms with E-state index in [4.69, 9.17) is 33.0 Å². The molecule has 0 radical (unpaired) electrons. The summed E-state index contributed by atoms with van der Waals surface area (Å²) in [6, 6.07) is 5.51. The third-order valence-electron chi connectivity index (χ3n) is 4.49. The van der Waals surface area contributed by atoms with E-state index in [0.29, 0.717) is 16.0 Å². The lowest BCUT2D eigenvalue weighted by molar-refractivity contribution is -0.155. The van der Waals surface area contributed by atoms with Gasteiger partial charge in [0.05, 0.1) is 16.6 Å². The normalized spacial score (nSPS) is 35.2. The number of fused-ring (bicyclic) bond motifs is 2. The van der Waals surface area contributed by atoms with Crippen LogP contribution in [0.25, 0.3) is 0 Å². The Bertz CT molecular complexity index is 584. The highest BCUT2D eigenvalue weighted by molar-refractivity contribution is 6.42. The van der Waals surface area contributed by atoms with Gasteiger partial charge in [-0.1, -0.05) is 23.2 Å². The quantitative estimate of drug-likeness (QED) is 0.866. The van der Waals surface area contributed by atoms with Gasteiger partial charge in [0.15, 0.2) is 5.84 Å². The smallest absolute Gasteiger partial charge is 0.202 e. The molecule has 5 rings (SSSR count). The van der Waals surface area contributed by atoms with Crippen LogP contribution in [-0.2, 0) is 4.84 Å². The van der Waals surface area contributed by atoms with E-state index in [1.54, 1.807) is 6.07 Å². The van der Waals surface area contributed by atoms with Gasteiger partial charge >= 0.3 is 0 Å². The van der Waals surface area contributed by atoms with E-state index in [0.717, 1.165) is 43.9 Å². The molecule has 20 heavy (non-hydrogen) atoms. The number of amidine groups is 1. The van der Waals surface area contributed by atoms with Crippen LogP contribution in [0.5, 0.6) is 0 Å². The Labute approximate surface area is 127 Å². The van der Waals surface area contributed by atoms with Crippen LogP contribution in [0, 0.1) is 5.92 Å². The minimum Gasteiger partial charge on any atom is -0.298 e. The molecule has 0 aromatic heterocycles. The molecule has 1 spiro atoms. The van der Waals surface area contributed by atoms with Gasteiger partial charge in [-0.2, -0.15) is 0 Å². The lowest BCUT2D eigenvalue weighted by atomic mass is 9.81. The topological polar surface area (TPSA) is 36.9 Å². The van der Waals surface area contributed by atoms with Gasteiger partial charge in [-0.15, -0.1) is 0 Å². The van der Waals surface area contributed by atoms with E-state index in [1.165, 1.54) is 0 Å². The molecule has 106 valence electrons. The fraction of sp³-hybridized carbons (Fsp3) is 0.500. The summed E-state index contributed by atoms with van der Waals surface area (Å²) < 4.78 is 0. The predicted molar refractivity (Wildman–Crippen MR) is 79.1 cm³/mol. The molecule has 4 aliphatic rings. The minimum atomic E-state index is -0.419. The van der Waals surface area contributed by atoms with Crippen molar-refractivity contribution in [1.29, 1.82) is 0 Å². The van der Waals surface area contributed by atoms with Crippen molar-refractivity contribution < 1.29 is 4.84 Å². The van der Waals surface area contributed by atoms with E-state index in [-0.39, 0.29) is 0 Å². The summed E-state index contributed by atoms with van der Waals surface area (Å²) >= 11 is 12.0. The maximum absolute atomic E-state index is 6.07. The molecule has 4 aliphatic heterocycles. The lowest BCUT2D eigenvalue weighted by Crippen LogP contribution is -2.58. The lowest BCUT2D eigenvalue weighted by Gasteiger charge is -2.47. The minimum absolute atomic E-state index is 0.419. The number of piperidine rings is 3. The maximum Gasteiger partial charge on any atom is 0.202 e. The monoisotopic (exact) mass is 311 g/mol. The second-order valence-corrected chi connectivity index (χ2v) is 6.50. The first-order valence-corrected chi connectivity index (χ1v) is 7.63. The van der Waals surface area contributed by atoms with Crippen LogP contribution in [0.3, 0.4) is 0 Å². The summed E-state index contributed by atoms with van der Waals surface area (Å²) in [6.07, 6.45) is 2.31. The molecule has 4 nitrogen and oxygen atoms in total. The van der Waals surface area contributed by atoms with Gasteiger partial charge in [-0.3, -0.25) is 4.90 Å². The van der Waals surface area contributed by atoms with Crippen molar-refractivity contribution in [2.75, 3.05) is 19.6 Å². The highest BCUT2D eigenvalue weighted by atomic mass is 35.5. The van der Waals surface area contributed by atoms with E-state index < -0.39 is 5.72 Å². The molecule has 1 aromatic rings. The summed E-state index contributed by atoms with van der Waals surface area (Å²) in [6.45, 7) is 3.19. The van der Waals surface area contributed by atoms with E-state index in [9.17, 15) is 0 Å². The van der Waals surface area contributed by atoms with Crippen LogP contribution in [0.15, 0.2) is 23.2 Å². The van der Waals surface area contributed by atoms with Crippen molar-refractivity contribution in [2.45, 2.75) is 18.6 Å². The molecule has 0 aliphatic carbocycles. The Balaban J connectivity index is 1.67. The van der Waals surface area contributed by atoms with Crippen LogP contribution in [0.2, 0.25) is 10.0 Å². The van der Waals surface area contributed by atoms with Crippen molar-refractivity contribution in [2.24, 2.45) is 10.9 Å². The molecule has 4 heterocycles. The largest absolute Gasteiger partial charge is 0.298 e. The fourth-order valence-corrected chi connectivity index (χ4v) is 3.67. The summed E-state index contributed by atoms with van der Waals surface area (Å²) in [5.41, 5.74) is 3.48. The highest BCUT2D eigenvalue weighted by Gasteiger charge is 2.51. The molecule has 0 saturated carbocycles. The van der Waals surface area contributed by atoms with Gasteiger partial charge in [0.25, 0.3) is 0 Å². The van der Waals surface area contributed by atoms with Crippen LogP contribution in [-0.4, -0.2) is 36.1 Å². The third kappa shape index (κ3) is 1.94. The first-order valence-electron chi connectivity index (χ1n) is 6.88. The molecule has 1 aromatic carbocycles. The standard InChI is InChI=1S/C14H15Cl2N3O/c15-11-2-1-9(7-12(11)16)13-17-14(20-18-13)8-19-5-3-10(14)4-6-19/h1-2,7,10H,3-6,8H2,(H,17,18)/t14-/m0/s1. The zero-order chi connectivity index (χ0) is 13.7. The summed E-state index contributed by atoms with van der Waals surface area (Å²) in [7, 11) is 0. The van der Waals surface area contributed by atoms with E-state index in [2.05, 4.69) is 10.4 Å². The van der Waals surface area contributed by atoms with Gasteiger partial charge in [0.2, 0.25) is 5.72 Å². The zero-order valence-electron chi connectivity index (χ0n) is 10.9. The molecule has 2 bridgehead atoms. The summed E-state index contributed by atoms with van der Waals surface area (Å²) in [5, 5.41) is 1.08. The zero-order valence-corrected chi connectivity index (χ0v) is 12.4. The number of benzene rings is 1.